The fraction of sp³-hybridized carbons (Fsp3) is 0.333. The van der Waals surface area contributed by atoms with Gasteiger partial charge in [0, 0.05) is 6.54 Å². The lowest BCUT2D eigenvalue weighted by molar-refractivity contribution is -0.384. The number of carbonyl (C=O) groups is 1. The molecule has 1 aliphatic heterocycles. The van der Waals surface area contributed by atoms with Crippen LogP contribution in [-0.2, 0) is 6.54 Å². The summed E-state index contributed by atoms with van der Waals surface area (Å²) in [5, 5.41) is 13.9. The molecule has 1 aromatic heterocycles. The molecule has 2 aromatic rings. The molecule has 9 heteroatoms. The Morgan fingerprint density at radius 2 is 2.38 bits per heavy atom. The second-order valence-corrected chi connectivity index (χ2v) is 5.75. The van der Waals surface area contributed by atoms with Crippen molar-refractivity contribution in [3.05, 3.63) is 32.0 Å². The first-order valence-corrected chi connectivity index (χ1v) is 7.09. The lowest BCUT2D eigenvalue weighted by Gasteiger charge is -2.07. The molecule has 110 valence electrons. The van der Waals surface area contributed by atoms with Crippen LogP contribution in [0.5, 0.6) is 0 Å². The number of urea groups is 1. The van der Waals surface area contributed by atoms with Crippen LogP contribution in [0.15, 0.2) is 10.5 Å². The number of benzene rings is 1. The second kappa shape index (κ2) is 4.69. The van der Waals surface area contributed by atoms with E-state index in [2.05, 4.69) is 26.2 Å². The Morgan fingerprint density at radius 1 is 1.67 bits per heavy atom. The largest absolute Gasteiger partial charge is 0.352 e. The summed E-state index contributed by atoms with van der Waals surface area (Å²) in [7, 11) is 0. The highest BCUT2D eigenvalue weighted by Gasteiger charge is 2.31. The number of nitro groups is 1. The van der Waals surface area contributed by atoms with Gasteiger partial charge in [-0.05, 0) is 40.9 Å². The van der Waals surface area contributed by atoms with Gasteiger partial charge in [0.15, 0.2) is 5.52 Å². The van der Waals surface area contributed by atoms with E-state index in [-0.39, 0.29) is 11.7 Å². The summed E-state index contributed by atoms with van der Waals surface area (Å²) < 4.78 is 2.32. The summed E-state index contributed by atoms with van der Waals surface area (Å²) in [5.41, 5.74) is 6.89. The zero-order valence-corrected chi connectivity index (χ0v) is 12.7. The molecule has 0 radical (unpaired) electrons. The monoisotopic (exact) mass is 353 g/mol. The number of imidazole rings is 1. The number of rotatable bonds is 2. The maximum Gasteiger partial charge on any atom is 0.312 e. The molecule has 3 N–H and O–H groups in total. The van der Waals surface area contributed by atoms with Crippen LogP contribution in [0.3, 0.4) is 0 Å². The Morgan fingerprint density at radius 3 is 3.00 bits per heavy atom. The predicted octanol–water partition coefficient (Wildman–Crippen LogP) is 2.13. The smallest absolute Gasteiger partial charge is 0.312 e. The van der Waals surface area contributed by atoms with E-state index in [0.717, 1.165) is 5.56 Å². The molecule has 0 fully saturated rings. The van der Waals surface area contributed by atoms with Crippen LogP contribution in [0, 0.1) is 17.0 Å². The van der Waals surface area contributed by atoms with E-state index in [0.29, 0.717) is 34.3 Å². The van der Waals surface area contributed by atoms with Crippen molar-refractivity contribution in [1.82, 2.24) is 14.9 Å². The average molecular weight is 354 g/mol. The Balaban J connectivity index is 2.25. The summed E-state index contributed by atoms with van der Waals surface area (Å²) in [6, 6.07) is 0.913. The molecule has 1 aliphatic rings. The fourth-order valence-electron chi connectivity index (χ4n) is 2.73. The molecule has 2 heterocycles. The van der Waals surface area contributed by atoms with Crippen LogP contribution in [0.2, 0.25) is 0 Å². The van der Waals surface area contributed by atoms with Crippen LogP contribution in [0.4, 0.5) is 10.5 Å². The Kier molecular flexibility index (Phi) is 3.08. The first-order valence-electron chi connectivity index (χ1n) is 6.29. The summed E-state index contributed by atoms with van der Waals surface area (Å²) in [5.74, 6) is 0.601. The molecule has 21 heavy (non-hydrogen) atoms. The van der Waals surface area contributed by atoms with E-state index in [4.69, 9.17) is 5.73 Å². The topological polar surface area (TPSA) is 116 Å². The van der Waals surface area contributed by atoms with E-state index >= 15 is 0 Å². The summed E-state index contributed by atoms with van der Waals surface area (Å²) >= 11 is 3.25. The molecule has 0 saturated heterocycles. The van der Waals surface area contributed by atoms with Gasteiger partial charge in [-0.15, -0.1) is 0 Å². The number of amides is 2. The van der Waals surface area contributed by atoms with Gasteiger partial charge in [-0.1, -0.05) is 0 Å². The van der Waals surface area contributed by atoms with Crippen LogP contribution < -0.4 is 11.1 Å². The zero-order chi connectivity index (χ0) is 15.3. The van der Waals surface area contributed by atoms with E-state index in [1.807, 2.05) is 10.6 Å². The number of fused-ring (bicyclic) bond motifs is 3. The number of nitrogens with one attached hydrogen (secondary N) is 1. The molecular weight excluding hydrogens is 342 g/mol. The molecule has 1 atom stereocenters. The van der Waals surface area contributed by atoms with Gasteiger partial charge in [0.2, 0.25) is 0 Å². The average Bonchev–Trinajstić information content (AvgIpc) is 2.91. The SMILES string of the molecule is Cc1cc2c(nc3n2CC[C@H]3NC(N)=O)c([N+](=O)[O-])c1Br. The minimum atomic E-state index is -0.632. The van der Waals surface area contributed by atoms with Gasteiger partial charge < -0.3 is 15.6 Å². The van der Waals surface area contributed by atoms with Crippen LogP contribution in [0.25, 0.3) is 11.0 Å². The normalized spacial score (nSPS) is 17.0. The molecule has 8 nitrogen and oxygen atoms in total. The third kappa shape index (κ3) is 2.04. The molecule has 0 unspecified atom stereocenters. The lowest BCUT2D eigenvalue weighted by atomic mass is 10.2. The van der Waals surface area contributed by atoms with Gasteiger partial charge in [-0.25, -0.2) is 9.78 Å². The highest BCUT2D eigenvalue weighted by molar-refractivity contribution is 9.10. The molecule has 0 aliphatic carbocycles. The number of hydrogen-bond donors (Lipinski definition) is 2. The first kappa shape index (κ1) is 13.8. The summed E-state index contributed by atoms with van der Waals surface area (Å²) in [6.07, 6.45) is 0.671. The molecule has 1 aromatic carbocycles. The number of nitrogens with zero attached hydrogens (tertiary/aromatic N) is 3. The third-order valence-electron chi connectivity index (χ3n) is 3.62. The highest BCUT2D eigenvalue weighted by Crippen LogP contribution is 2.39. The zero-order valence-electron chi connectivity index (χ0n) is 11.1. The lowest BCUT2D eigenvalue weighted by Crippen LogP contribution is -2.32. The fourth-order valence-corrected chi connectivity index (χ4v) is 3.17. The molecule has 0 spiro atoms. The van der Waals surface area contributed by atoms with Crippen molar-refractivity contribution in [3.63, 3.8) is 0 Å². The number of primary amides is 1. The number of nitrogens with two attached hydrogens (primary N) is 1. The van der Waals surface area contributed by atoms with Crippen LogP contribution >= 0.6 is 15.9 Å². The Labute approximate surface area is 127 Å². The minimum absolute atomic E-state index is 0.0512. The third-order valence-corrected chi connectivity index (χ3v) is 4.62. The van der Waals surface area contributed by atoms with Crippen LogP contribution in [-0.4, -0.2) is 20.5 Å². The molecule has 0 bridgehead atoms. The number of nitro benzene ring substituents is 1. The summed E-state index contributed by atoms with van der Waals surface area (Å²) in [4.78, 5) is 26.3. The predicted molar refractivity (Wildman–Crippen MR) is 78.9 cm³/mol. The van der Waals surface area contributed by atoms with E-state index in [1.54, 1.807) is 6.92 Å². The number of aryl methyl sites for hydroxylation is 2. The van der Waals surface area contributed by atoms with Gasteiger partial charge >= 0.3 is 11.7 Å². The van der Waals surface area contributed by atoms with Gasteiger partial charge in [0.05, 0.1) is 16.5 Å². The Bertz CT molecular complexity index is 785. The van der Waals surface area contributed by atoms with Crippen molar-refractivity contribution in [2.75, 3.05) is 0 Å². The number of hydrogen-bond acceptors (Lipinski definition) is 4. The molecule has 3 rings (SSSR count). The molecule has 2 amide bonds. The quantitative estimate of drug-likeness (QED) is 0.635. The highest BCUT2D eigenvalue weighted by atomic mass is 79.9. The second-order valence-electron chi connectivity index (χ2n) is 4.95. The minimum Gasteiger partial charge on any atom is -0.352 e. The van der Waals surface area contributed by atoms with Crippen molar-refractivity contribution in [2.24, 2.45) is 5.73 Å². The number of aromatic nitrogens is 2. The van der Waals surface area contributed by atoms with Crippen molar-refractivity contribution in [2.45, 2.75) is 25.9 Å². The van der Waals surface area contributed by atoms with Crippen molar-refractivity contribution in [3.8, 4) is 0 Å². The number of halogens is 1. The van der Waals surface area contributed by atoms with Crippen molar-refractivity contribution >= 4 is 38.7 Å². The van der Waals surface area contributed by atoms with Gasteiger partial charge in [-0.3, -0.25) is 10.1 Å². The first-order chi connectivity index (χ1) is 9.90. The van der Waals surface area contributed by atoms with Crippen LogP contribution in [0.1, 0.15) is 23.9 Å². The maximum atomic E-state index is 11.3. The van der Waals surface area contributed by atoms with Gasteiger partial charge in [0.25, 0.3) is 0 Å². The van der Waals surface area contributed by atoms with E-state index < -0.39 is 11.0 Å². The van der Waals surface area contributed by atoms with E-state index in [1.165, 1.54) is 0 Å². The standard InChI is InChI=1S/C12H12BrN5O3/c1-5-4-7-9(10(8(5)13)18(20)21)16-11-6(15-12(14)19)2-3-17(7)11/h4,6H,2-3H2,1H3,(H3,14,15,19)/t6-/m1/s1. The summed E-state index contributed by atoms with van der Waals surface area (Å²) in [6.45, 7) is 2.43. The van der Waals surface area contributed by atoms with Gasteiger partial charge in [-0.2, -0.15) is 0 Å². The number of carbonyl (C=O) groups excluding carboxylic acids is 1. The maximum absolute atomic E-state index is 11.3. The molecular formula is C12H12BrN5O3. The van der Waals surface area contributed by atoms with Gasteiger partial charge in [0.1, 0.15) is 10.3 Å². The van der Waals surface area contributed by atoms with Crippen molar-refractivity contribution in [1.29, 1.82) is 0 Å². The van der Waals surface area contributed by atoms with E-state index in [9.17, 15) is 14.9 Å². The Hall–Kier alpha value is -2.16. The van der Waals surface area contributed by atoms with Crippen molar-refractivity contribution < 1.29 is 9.72 Å². The molecule has 0 saturated carbocycles.